The first-order valence-corrected chi connectivity index (χ1v) is 7.55. The van der Waals surface area contributed by atoms with Crippen molar-refractivity contribution in [3.8, 4) is 0 Å². The van der Waals surface area contributed by atoms with Gasteiger partial charge in [0.05, 0.1) is 25.8 Å². The number of carbonyl (C=O) groups is 2. The fourth-order valence-corrected chi connectivity index (χ4v) is 1.94. The molecule has 6 heteroatoms. The Morgan fingerprint density at radius 2 is 1.78 bits per heavy atom. The van der Waals surface area contributed by atoms with E-state index in [9.17, 15) is 9.59 Å². The molecule has 0 spiro atoms. The Labute approximate surface area is 135 Å². The molecule has 2 aromatic rings. The molecule has 0 fully saturated rings. The molecule has 0 atom stereocenters. The summed E-state index contributed by atoms with van der Waals surface area (Å²) in [5.74, 6) is -0.781. The van der Waals surface area contributed by atoms with Crippen molar-refractivity contribution in [3.63, 3.8) is 0 Å². The number of carbonyl (C=O) groups excluding carboxylic acids is 2. The molecule has 0 bridgehead atoms. The lowest BCUT2D eigenvalue weighted by Crippen LogP contribution is -2.11. The van der Waals surface area contributed by atoms with E-state index in [0.717, 1.165) is 12.1 Å². The molecule has 1 aromatic heterocycles. The second kappa shape index (κ2) is 9.40. The zero-order valence-electron chi connectivity index (χ0n) is 12.9. The lowest BCUT2D eigenvalue weighted by molar-refractivity contribution is -0.151. The molecule has 0 saturated carbocycles. The van der Waals surface area contributed by atoms with Gasteiger partial charge in [-0.05, 0) is 12.0 Å². The summed E-state index contributed by atoms with van der Waals surface area (Å²) in [5.41, 5.74) is 0.919. The molecule has 122 valence electrons. The van der Waals surface area contributed by atoms with Crippen molar-refractivity contribution >= 4 is 11.9 Å². The van der Waals surface area contributed by atoms with Crippen molar-refractivity contribution in [2.75, 3.05) is 6.61 Å². The molecule has 0 radical (unpaired) electrons. The Balaban J connectivity index is 1.52. The number of hydrogen-bond donors (Lipinski definition) is 0. The molecule has 6 nitrogen and oxygen atoms in total. The molecule has 0 aliphatic heterocycles. The van der Waals surface area contributed by atoms with E-state index in [1.54, 1.807) is 12.5 Å². The van der Waals surface area contributed by atoms with Crippen LogP contribution in [0.15, 0.2) is 49.1 Å². The highest BCUT2D eigenvalue weighted by atomic mass is 16.5. The van der Waals surface area contributed by atoms with Crippen LogP contribution in [-0.4, -0.2) is 28.1 Å². The van der Waals surface area contributed by atoms with Crippen LogP contribution in [0.2, 0.25) is 0 Å². The fourth-order valence-electron chi connectivity index (χ4n) is 1.94. The molecular weight excluding hydrogens is 296 g/mol. The second-order valence-electron chi connectivity index (χ2n) is 5.02. The van der Waals surface area contributed by atoms with Gasteiger partial charge in [0.1, 0.15) is 6.61 Å². The van der Waals surface area contributed by atoms with Gasteiger partial charge in [-0.15, -0.1) is 0 Å². The maximum absolute atomic E-state index is 11.6. The molecule has 0 aliphatic carbocycles. The lowest BCUT2D eigenvalue weighted by atomic mass is 10.2. The number of rotatable bonds is 9. The van der Waals surface area contributed by atoms with E-state index >= 15 is 0 Å². The highest BCUT2D eigenvalue weighted by Gasteiger charge is 2.09. The molecule has 0 amide bonds. The summed E-state index contributed by atoms with van der Waals surface area (Å²) in [4.78, 5) is 27.0. The number of nitrogens with zero attached hydrogens (tertiary/aromatic N) is 2. The molecule has 1 aromatic carbocycles. The topological polar surface area (TPSA) is 70.4 Å². The van der Waals surface area contributed by atoms with Gasteiger partial charge >= 0.3 is 11.9 Å². The van der Waals surface area contributed by atoms with Crippen LogP contribution in [0.4, 0.5) is 0 Å². The van der Waals surface area contributed by atoms with Gasteiger partial charge in [0.15, 0.2) is 0 Å². The van der Waals surface area contributed by atoms with Crippen molar-refractivity contribution in [2.45, 2.75) is 32.4 Å². The van der Waals surface area contributed by atoms with E-state index in [2.05, 4.69) is 4.98 Å². The summed E-state index contributed by atoms with van der Waals surface area (Å²) in [6.45, 7) is 1.29. The smallest absolute Gasteiger partial charge is 0.306 e. The summed E-state index contributed by atoms with van der Waals surface area (Å²) in [6.07, 6.45) is 6.05. The third kappa shape index (κ3) is 6.78. The minimum absolute atomic E-state index is 0.0349. The molecule has 0 aliphatic rings. The first-order chi connectivity index (χ1) is 11.2. The van der Waals surface area contributed by atoms with Crippen molar-refractivity contribution in [3.05, 3.63) is 54.6 Å². The molecule has 0 unspecified atom stereocenters. The minimum atomic E-state index is -0.399. The fraction of sp³-hybridized carbons (Fsp3) is 0.353. The average Bonchev–Trinajstić information content (AvgIpc) is 3.09. The monoisotopic (exact) mass is 316 g/mol. The van der Waals surface area contributed by atoms with E-state index < -0.39 is 5.97 Å². The maximum Gasteiger partial charge on any atom is 0.306 e. The van der Waals surface area contributed by atoms with E-state index in [1.165, 1.54) is 0 Å². The van der Waals surface area contributed by atoms with Gasteiger partial charge in [-0.2, -0.15) is 0 Å². The molecule has 0 N–H and O–H groups in total. The highest BCUT2D eigenvalue weighted by Crippen LogP contribution is 2.03. The molecule has 0 saturated heterocycles. The third-order valence-electron chi connectivity index (χ3n) is 3.16. The Morgan fingerprint density at radius 1 is 1.04 bits per heavy atom. The van der Waals surface area contributed by atoms with Crippen molar-refractivity contribution in [1.29, 1.82) is 0 Å². The van der Waals surface area contributed by atoms with Crippen molar-refractivity contribution < 1.29 is 19.1 Å². The maximum atomic E-state index is 11.6. The van der Waals surface area contributed by atoms with Crippen molar-refractivity contribution in [2.24, 2.45) is 0 Å². The largest absolute Gasteiger partial charge is 0.466 e. The number of hydrogen-bond acceptors (Lipinski definition) is 5. The lowest BCUT2D eigenvalue weighted by Gasteiger charge is -2.06. The van der Waals surface area contributed by atoms with Gasteiger partial charge in [0, 0.05) is 18.9 Å². The first-order valence-electron chi connectivity index (χ1n) is 7.55. The predicted octanol–water partition coefficient (Wildman–Crippen LogP) is 2.34. The summed E-state index contributed by atoms with van der Waals surface area (Å²) in [7, 11) is 0. The van der Waals surface area contributed by atoms with Gasteiger partial charge in [0.2, 0.25) is 0 Å². The first kappa shape index (κ1) is 16.7. The summed E-state index contributed by atoms with van der Waals surface area (Å²) >= 11 is 0. The Hall–Kier alpha value is -2.63. The van der Waals surface area contributed by atoms with Crippen LogP contribution in [0, 0.1) is 0 Å². The van der Waals surface area contributed by atoms with E-state index in [-0.39, 0.29) is 25.4 Å². The van der Waals surface area contributed by atoms with Crippen LogP contribution >= 0.6 is 0 Å². The van der Waals surface area contributed by atoms with Gasteiger partial charge in [-0.3, -0.25) is 9.59 Å². The third-order valence-corrected chi connectivity index (χ3v) is 3.16. The highest BCUT2D eigenvalue weighted by molar-refractivity contribution is 5.77. The molecule has 1 heterocycles. The molecule has 2 rings (SSSR count). The Morgan fingerprint density at radius 3 is 2.48 bits per heavy atom. The number of esters is 2. The zero-order chi connectivity index (χ0) is 16.3. The molecular formula is C17H20N2O4. The number of imidazole rings is 1. The standard InChI is InChI=1S/C17H20N2O4/c20-16(22-12-4-10-19-11-9-18-14-19)7-8-17(21)23-13-15-5-2-1-3-6-15/h1-3,5-6,9,11,14H,4,7-8,10,12-13H2. The Bertz CT molecular complexity index is 596. The number of aromatic nitrogens is 2. The van der Waals surface area contributed by atoms with E-state index in [1.807, 2.05) is 41.1 Å². The van der Waals surface area contributed by atoms with Gasteiger partial charge < -0.3 is 14.0 Å². The van der Waals surface area contributed by atoms with Crippen LogP contribution in [0.3, 0.4) is 0 Å². The van der Waals surface area contributed by atoms with Crippen molar-refractivity contribution in [1.82, 2.24) is 9.55 Å². The number of ether oxygens (including phenoxy) is 2. The number of aryl methyl sites for hydroxylation is 1. The van der Waals surface area contributed by atoms with Gasteiger partial charge in [-0.1, -0.05) is 30.3 Å². The minimum Gasteiger partial charge on any atom is -0.466 e. The van der Waals surface area contributed by atoms with Crippen LogP contribution < -0.4 is 0 Å². The summed E-state index contributed by atoms with van der Waals surface area (Å²) in [5, 5.41) is 0. The molecule has 23 heavy (non-hydrogen) atoms. The quantitative estimate of drug-likeness (QED) is 0.524. The van der Waals surface area contributed by atoms with E-state index in [0.29, 0.717) is 13.0 Å². The normalized spacial score (nSPS) is 10.3. The van der Waals surface area contributed by atoms with Crippen LogP contribution in [0.1, 0.15) is 24.8 Å². The summed E-state index contributed by atoms with van der Waals surface area (Å²) in [6, 6.07) is 9.41. The SMILES string of the molecule is O=C(CCC(=O)OCc1ccccc1)OCCCn1ccnc1. The van der Waals surface area contributed by atoms with E-state index in [4.69, 9.17) is 9.47 Å². The zero-order valence-corrected chi connectivity index (χ0v) is 12.9. The number of benzene rings is 1. The van der Waals surface area contributed by atoms with Gasteiger partial charge in [-0.25, -0.2) is 4.98 Å². The van der Waals surface area contributed by atoms with Crippen LogP contribution in [0.5, 0.6) is 0 Å². The predicted molar refractivity (Wildman–Crippen MR) is 83.3 cm³/mol. The second-order valence-corrected chi connectivity index (χ2v) is 5.02. The van der Waals surface area contributed by atoms with Crippen LogP contribution in [-0.2, 0) is 32.2 Å². The summed E-state index contributed by atoms with van der Waals surface area (Å²) < 4.78 is 12.1. The Kier molecular flexibility index (Phi) is 6.84. The van der Waals surface area contributed by atoms with Crippen LogP contribution in [0.25, 0.3) is 0 Å². The average molecular weight is 316 g/mol. The van der Waals surface area contributed by atoms with Gasteiger partial charge in [0.25, 0.3) is 0 Å².